The van der Waals surface area contributed by atoms with Gasteiger partial charge in [0.25, 0.3) is 0 Å². The second kappa shape index (κ2) is 4.43. The monoisotopic (exact) mass is 262 g/mol. The number of hydrogen-bond acceptors (Lipinski definition) is 0. The van der Waals surface area contributed by atoms with Gasteiger partial charge in [-0.2, -0.15) is 0 Å². The first-order chi connectivity index (χ1) is 9.13. The van der Waals surface area contributed by atoms with E-state index in [0.717, 1.165) is 24.0 Å². The van der Waals surface area contributed by atoms with Gasteiger partial charge in [-0.15, -0.1) is 0 Å². The van der Waals surface area contributed by atoms with E-state index in [1.54, 1.807) is 0 Å². The Bertz CT molecular complexity index is 532. The maximum atomic E-state index is 13.6. The van der Waals surface area contributed by atoms with Crippen LogP contribution in [0.25, 0.3) is 6.08 Å². The minimum absolute atomic E-state index is 0.0192. The van der Waals surface area contributed by atoms with Crippen molar-refractivity contribution >= 4 is 6.08 Å². The Hall–Kier alpha value is -1.18. The summed E-state index contributed by atoms with van der Waals surface area (Å²) >= 11 is 0. The molecule has 0 nitrogen and oxygen atoms in total. The van der Waals surface area contributed by atoms with Crippen LogP contribution in [0.3, 0.4) is 0 Å². The van der Waals surface area contributed by atoms with Gasteiger partial charge in [0.1, 0.15) is 0 Å². The Balaban J connectivity index is 2.07. The molecule has 1 spiro atoms. The van der Waals surface area contributed by atoms with Crippen molar-refractivity contribution < 1.29 is 8.78 Å². The van der Waals surface area contributed by atoms with Crippen LogP contribution in [0, 0.1) is 23.5 Å². The van der Waals surface area contributed by atoms with E-state index in [0.29, 0.717) is 11.8 Å². The normalized spacial score (nSPS) is 31.6. The van der Waals surface area contributed by atoms with Crippen molar-refractivity contribution in [3.05, 3.63) is 41.0 Å². The molecule has 2 aliphatic rings. The fourth-order valence-electron chi connectivity index (χ4n) is 4.22. The summed E-state index contributed by atoms with van der Waals surface area (Å²) in [5.41, 5.74) is 1.87. The van der Waals surface area contributed by atoms with Crippen LogP contribution in [0.4, 0.5) is 8.78 Å². The van der Waals surface area contributed by atoms with Gasteiger partial charge in [-0.1, -0.05) is 38.8 Å². The van der Waals surface area contributed by atoms with Crippen molar-refractivity contribution in [1.29, 1.82) is 0 Å². The second-order valence-corrected chi connectivity index (χ2v) is 5.95. The molecule has 1 saturated carbocycles. The summed E-state index contributed by atoms with van der Waals surface area (Å²) in [4.78, 5) is 0. The molecule has 0 aliphatic heterocycles. The Morgan fingerprint density at radius 1 is 1.16 bits per heavy atom. The zero-order chi connectivity index (χ0) is 13.6. The molecule has 0 bridgehead atoms. The number of fused-ring (bicyclic) bond motifs is 2. The van der Waals surface area contributed by atoms with Crippen molar-refractivity contribution in [2.45, 2.75) is 44.9 Å². The number of hydrogen-bond donors (Lipinski definition) is 0. The average Bonchev–Trinajstić information content (AvgIpc) is 2.76. The Kier molecular flexibility index (Phi) is 2.99. The van der Waals surface area contributed by atoms with Crippen molar-refractivity contribution in [2.75, 3.05) is 0 Å². The zero-order valence-corrected chi connectivity index (χ0v) is 11.5. The molecule has 1 fully saturated rings. The first kappa shape index (κ1) is 12.8. The van der Waals surface area contributed by atoms with E-state index in [2.05, 4.69) is 19.9 Å². The number of rotatable bonds is 3. The first-order valence-electron chi connectivity index (χ1n) is 7.32. The minimum atomic E-state index is -0.736. The molecule has 1 aromatic carbocycles. The van der Waals surface area contributed by atoms with E-state index >= 15 is 0 Å². The van der Waals surface area contributed by atoms with Crippen molar-refractivity contribution in [2.24, 2.45) is 11.8 Å². The molecule has 19 heavy (non-hydrogen) atoms. The van der Waals surface area contributed by atoms with Gasteiger partial charge < -0.3 is 0 Å². The molecule has 3 unspecified atom stereocenters. The molecule has 0 radical (unpaired) electrons. The fourth-order valence-corrected chi connectivity index (χ4v) is 4.22. The van der Waals surface area contributed by atoms with Crippen molar-refractivity contribution in [3.8, 4) is 0 Å². The van der Waals surface area contributed by atoms with Crippen molar-refractivity contribution in [1.82, 2.24) is 0 Å². The lowest BCUT2D eigenvalue weighted by molar-refractivity contribution is 0.0590. The number of allylic oxidation sites excluding steroid dienone is 1. The molecule has 0 amide bonds. The molecule has 3 rings (SSSR count). The van der Waals surface area contributed by atoms with Crippen LogP contribution >= 0.6 is 0 Å². The van der Waals surface area contributed by atoms with Gasteiger partial charge in [-0.3, -0.25) is 0 Å². The maximum Gasteiger partial charge on any atom is 0.159 e. The highest BCUT2D eigenvalue weighted by molar-refractivity contribution is 5.67. The lowest BCUT2D eigenvalue weighted by Gasteiger charge is -2.54. The molecular formula is C17H20F2. The van der Waals surface area contributed by atoms with E-state index in [1.165, 1.54) is 25.0 Å². The van der Waals surface area contributed by atoms with Gasteiger partial charge in [-0.05, 0) is 47.9 Å². The highest BCUT2D eigenvalue weighted by Gasteiger charge is 2.55. The molecule has 3 atom stereocenters. The molecule has 1 aromatic rings. The summed E-state index contributed by atoms with van der Waals surface area (Å²) in [6.45, 7) is 4.39. The smallest absolute Gasteiger partial charge is 0.159 e. The molecule has 2 heteroatoms. The molecule has 0 heterocycles. The Morgan fingerprint density at radius 2 is 1.89 bits per heavy atom. The molecular weight excluding hydrogens is 242 g/mol. The predicted octanol–water partition coefficient (Wildman–Crippen LogP) is 5.08. The molecule has 0 saturated heterocycles. The van der Waals surface area contributed by atoms with E-state index in [1.807, 2.05) is 6.08 Å². The van der Waals surface area contributed by atoms with E-state index in [-0.39, 0.29) is 5.41 Å². The summed E-state index contributed by atoms with van der Waals surface area (Å²) in [6, 6.07) is 2.79. The molecule has 102 valence electrons. The van der Waals surface area contributed by atoms with Gasteiger partial charge >= 0.3 is 0 Å². The third-order valence-corrected chi connectivity index (χ3v) is 5.15. The van der Waals surface area contributed by atoms with E-state index < -0.39 is 11.6 Å². The summed E-state index contributed by atoms with van der Waals surface area (Å²) in [5.74, 6) is -0.282. The summed E-state index contributed by atoms with van der Waals surface area (Å²) in [7, 11) is 0. The number of benzene rings is 1. The van der Waals surface area contributed by atoms with Crippen LogP contribution in [-0.4, -0.2) is 0 Å². The van der Waals surface area contributed by atoms with Crippen LogP contribution in [-0.2, 0) is 5.41 Å². The van der Waals surface area contributed by atoms with Crippen LogP contribution < -0.4 is 0 Å². The van der Waals surface area contributed by atoms with Gasteiger partial charge in [-0.25, -0.2) is 8.78 Å². The summed E-state index contributed by atoms with van der Waals surface area (Å²) < 4.78 is 27.0. The van der Waals surface area contributed by atoms with Crippen LogP contribution in [0.5, 0.6) is 0 Å². The highest BCUT2D eigenvalue weighted by Crippen LogP contribution is 2.60. The topological polar surface area (TPSA) is 0 Å². The van der Waals surface area contributed by atoms with Gasteiger partial charge in [0.2, 0.25) is 0 Å². The van der Waals surface area contributed by atoms with Gasteiger partial charge in [0.15, 0.2) is 11.6 Å². The SMILES string of the molecule is CCCC1CC(CC)C12C=Cc1cc(F)c(F)cc12. The van der Waals surface area contributed by atoms with Gasteiger partial charge in [0.05, 0.1) is 0 Å². The Labute approximate surface area is 113 Å². The Morgan fingerprint density at radius 3 is 2.58 bits per heavy atom. The molecule has 0 aromatic heterocycles. The van der Waals surface area contributed by atoms with Crippen LogP contribution in [0.15, 0.2) is 18.2 Å². The lowest BCUT2D eigenvalue weighted by atomic mass is 9.49. The quantitative estimate of drug-likeness (QED) is 0.713. The lowest BCUT2D eigenvalue weighted by Crippen LogP contribution is -2.50. The minimum Gasteiger partial charge on any atom is -0.204 e. The summed E-state index contributed by atoms with van der Waals surface area (Å²) in [5, 5.41) is 0. The predicted molar refractivity (Wildman–Crippen MR) is 73.9 cm³/mol. The molecule has 0 N–H and O–H groups in total. The second-order valence-electron chi connectivity index (χ2n) is 5.95. The van der Waals surface area contributed by atoms with Crippen LogP contribution in [0.2, 0.25) is 0 Å². The zero-order valence-electron chi connectivity index (χ0n) is 11.5. The van der Waals surface area contributed by atoms with E-state index in [4.69, 9.17) is 0 Å². The standard InChI is InChI=1S/C17H20F2/c1-3-5-13-9-12(4-2)17(13)7-6-11-8-15(18)16(19)10-14(11)17/h6-8,10,12-13H,3-5,9H2,1-2H3. The number of halogens is 2. The van der Waals surface area contributed by atoms with E-state index in [9.17, 15) is 8.78 Å². The van der Waals surface area contributed by atoms with Crippen molar-refractivity contribution in [3.63, 3.8) is 0 Å². The van der Waals surface area contributed by atoms with Crippen LogP contribution in [0.1, 0.15) is 50.7 Å². The fraction of sp³-hybridized carbons (Fsp3) is 0.529. The van der Waals surface area contributed by atoms with Gasteiger partial charge in [0, 0.05) is 5.41 Å². The maximum absolute atomic E-state index is 13.6. The largest absolute Gasteiger partial charge is 0.204 e. The third kappa shape index (κ3) is 1.62. The highest BCUT2D eigenvalue weighted by atomic mass is 19.2. The molecule has 2 aliphatic carbocycles. The third-order valence-electron chi connectivity index (χ3n) is 5.15. The average molecular weight is 262 g/mol. The summed E-state index contributed by atoms with van der Waals surface area (Å²) in [6.07, 6.45) is 8.84. The first-order valence-corrected chi connectivity index (χ1v) is 7.32.